The molecular weight excluding hydrogens is 366 g/mol. The number of hydrogen-bond acceptors (Lipinski definition) is 5. The molecule has 0 fully saturated rings. The monoisotopic (exact) mass is 387 g/mol. The summed E-state index contributed by atoms with van der Waals surface area (Å²) in [5, 5.41) is 15.7. The van der Waals surface area contributed by atoms with Gasteiger partial charge in [0.2, 0.25) is 11.8 Å². The fraction of sp³-hybridized carbons (Fsp3) is 0.182. The molecule has 0 aliphatic rings. The standard InChI is InChI=1S/C22H21N5O2/c1-16-7-5-6-10-18(16)15-20(28)23-13-14-29-21-12-11-19-24-25-22(27(19)26-21)17-8-3-2-4-9-17/h2-12H,13-15H2,1H3,(H,23,28). The summed E-state index contributed by atoms with van der Waals surface area (Å²) in [6, 6.07) is 21.2. The van der Waals surface area contributed by atoms with Crippen LogP contribution in [-0.4, -0.2) is 38.9 Å². The molecule has 0 aliphatic carbocycles. The van der Waals surface area contributed by atoms with Gasteiger partial charge in [-0.15, -0.1) is 15.3 Å². The Kier molecular flexibility index (Phi) is 5.47. The number of nitrogens with one attached hydrogen (secondary N) is 1. The van der Waals surface area contributed by atoms with Gasteiger partial charge in [0.15, 0.2) is 11.5 Å². The Bertz CT molecular complexity index is 1120. The second kappa shape index (κ2) is 8.52. The number of nitrogens with zero attached hydrogens (tertiary/aromatic N) is 4. The minimum atomic E-state index is -0.0310. The molecular formula is C22H21N5O2. The summed E-state index contributed by atoms with van der Waals surface area (Å²) in [6.45, 7) is 2.72. The van der Waals surface area contributed by atoms with Crippen molar-refractivity contribution in [2.24, 2.45) is 0 Å². The minimum absolute atomic E-state index is 0.0310. The number of aryl methyl sites for hydroxylation is 1. The summed E-state index contributed by atoms with van der Waals surface area (Å²) in [6.07, 6.45) is 0.359. The SMILES string of the molecule is Cc1ccccc1CC(=O)NCCOc1ccc2nnc(-c3ccccc3)n2n1. The average molecular weight is 387 g/mol. The number of aromatic nitrogens is 4. The third-order valence-corrected chi connectivity index (χ3v) is 4.56. The molecule has 0 saturated carbocycles. The Balaban J connectivity index is 1.34. The van der Waals surface area contributed by atoms with Crippen molar-refractivity contribution in [1.29, 1.82) is 0 Å². The first kappa shape index (κ1) is 18.6. The minimum Gasteiger partial charge on any atom is -0.475 e. The van der Waals surface area contributed by atoms with Crippen LogP contribution in [0.15, 0.2) is 66.7 Å². The number of benzene rings is 2. The summed E-state index contributed by atoms with van der Waals surface area (Å²) in [4.78, 5) is 12.1. The quantitative estimate of drug-likeness (QED) is 0.493. The molecule has 29 heavy (non-hydrogen) atoms. The summed E-state index contributed by atoms with van der Waals surface area (Å²) in [7, 11) is 0. The number of ether oxygens (including phenoxy) is 1. The topological polar surface area (TPSA) is 81.4 Å². The van der Waals surface area contributed by atoms with E-state index in [1.165, 1.54) is 0 Å². The molecule has 2 heterocycles. The smallest absolute Gasteiger partial charge is 0.231 e. The molecule has 7 heteroatoms. The molecule has 2 aromatic heterocycles. The van der Waals surface area contributed by atoms with Gasteiger partial charge in [-0.25, -0.2) is 0 Å². The third kappa shape index (κ3) is 4.40. The van der Waals surface area contributed by atoms with E-state index in [0.29, 0.717) is 36.9 Å². The molecule has 0 atom stereocenters. The number of carbonyl (C=O) groups excluding carboxylic acids is 1. The molecule has 0 bridgehead atoms. The highest BCUT2D eigenvalue weighted by atomic mass is 16.5. The van der Waals surface area contributed by atoms with Gasteiger partial charge in [0, 0.05) is 11.6 Å². The van der Waals surface area contributed by atoms with E-state index in [1.807, 2.05) is 61.5 Å². The summed E-state index contributed by atoms with van der Waals surface area (Å²) in [5.41, 5.74) is 3.70. The first-order valence-electron chi connectivity index (χ1n) is 9.42. The largest absolute Gasteiger partial charge is 0.475 e. The summed E-state index contributed by atoms with van der Waals surface area (Å²) >= 11 is 0. The highest BCUT2D eigenvalue weighted by Crippen LogP contribution is 2.18. The van der Waals surface area contributed by atoms with Crippen LogP contribution in [0, 0.1) is 6.92 Å². The van der Waals surface area contributed by atoms with Gasteiger partial charge in [-0.1, -0.05) is 54.6 Å². The Morgan fingerprint density at radius 2 is 1.79 bits per heavy atom. The van der Waals surface area contributed by atoms with Crippen LogP contribution in [-0.2, 0) is 11.2 Å². The molecule has 1 N–H and O–H groups in total. The van der Waals surface area contributed by atoms with Crippen molar-refractivity contribution in [3.8, 4) is 17.3 Å². The van der Waals surface area contributed by atoms with Crippen molar-refractivity contribution in [2.45, 2.75) is 13.3 Å². The van der Waals surface area contributed by atoms with Crippen LogP contribution in [0.5, 0.6) is 5.88 Å². The van der Waals surface area contributed by atoms with Crippen molar-refractivity contribution in [3.63, 3.8) is 0 Å². The van der Waals surface area contributed by atoms with Crippen LogP contribution < -0.4 is 10.1 Å². The highest BCUT2D eigenvalue weighted by molar-refractivity contribution is 5.78. The maximum absolute atomic E-state index is 12.1. The van der Waals surface area contributed by atoms with Crippen LogP contribution in [0.1, 0.15) is 11.1 Å². The van der Waals surface area contributed by atoms with Gasteiger partial charge in [0.05, 0.1) is 13.0 Å². The third-order valence-electron chi connectivity index (χ3n) is 4.56. The van der Waals surface area contributed by atoms with Crippen LogP contribution in [0.3, 0.4) is 0 Å². The van der Waals surface area contributed by atoms with Gasteiger partial charge < -0.3 is 10.1 Å². The molecule has 0 unspecified atom stereocenters. The van der Waals surface area contributed by atoms with E-state index in [-0.39, 0.29) is 5.91 Å². The zero-order valence-electron chi connectivity index (χ0n) is 16.1. The second-order valence-electron chi connectivity index (χ2n) is 6.63. The maximum Gasteiger partial charge on any atom is 0.231 e. The van der Waals surface area contributed by atoms with Gasteiger partial charge >= 0.3 is 0 Å². The van der Waals surface area contributed by atoms with Gasteiger partial charge in [0.1, 0.15) is 6.61 Å². The van der Waals surface area contributed by atoms with Crippen LogP contribution in [0.25, 0.3) is 17.0 Å². The molecule has 146 valence electrons. The number of hydrogen-bond donors (Lipinski definition) is 1. The normalized spacial score (nSPS) is 10.8. The van der Waals surface area contributed by atoms with Crippen LogP contribution >= 0.6 is 0 Å². The molecule has 4 aromatic rings. The Morgan fingerprint density at radius 1 is 1.00 bits per heavy atom. The molecule has 1 amide bonds. The zero-order valence-corrected chi connectivity index (χ0v) is 16.1. The number of carbonyl (C=O) groups is 1. The van der Waals surface area contributed by atoms with Crippen molar-refractivity contribution in [2.75, 3.05) is 13.2 Å². The number of amides is 1. The summed E-state index contributed by atoms with van der Waals surface area (Å²) in [5.74, 6) is 1.07. The Morgan fingerprint density at radius 3 is 2.62 bits per heavy atom. The van der Waals surface area contributed by atoms with E-state index in [1.54, 1.807) is 16.6 Å². The molecule has 0 aliphatic heterocycles. The lowest BCUT2D eigenvalue weighted by Gasteiger charge is -2.09. The first-order chi connectivity index (χ1) is 14.2. The Labute approximate surface area is 168 Å². The fourth-order valence-electron chi connectivity index (χ4n) is 3.01. The van der Waals surface area contributed by atoms with E-state index in [2.05, 4.69) is 20.6 Å². The maximum atomic E-state index is 12.1. The molecule has 4 rings (SSSR count). The highest BCUT2D eigenvalue weighted by Gasteiger charge is 2.10. The number of fused-ring (bicyclic) bond motifs is 1. The average Bonchev–Trinajstić information content (AvgIpc) is 3.17. The van der Waals surface area contributed by atoms with Crippen molar-refractivity contribution in [1.82, 2.24) is 25.1 Å². The molecule has 0 radical (unpaired) electrons. The van der Waals surface area contributed by atoms with Crippen molar-refractivity contribution < 1.29 is 9.53 Å². The lowest BCUT2D eigenvalue weighted by molar-refractivity contribution is -0.120. The van der Waals surface area contributed by atoms with Crippen molar-refractivity contribution >= 4 is 11.6 Å². The van der Waals surface area contributed by atoms with Crippen molar-refractivity contribution in [3.05, 3.63) is 77.9 Å². The fourth-order valence-corrected chi connectivity index (χ4v) is 3.01. The second-order valence-corrected chi connectivity index (χ2v) is 6.63. The van der Waals surface area contributed by atoms with E-state index in [4.69, 9.17) is 4.74 Å². The summed E-state index contributed by atoms with van der Waals surface area (Å²) < 4.78 is 7.35. The first-order valence-corrected chi connectivity index (χ1v) is 9.42. The van der Waals surface area contributed by atoms with E-state index in [9.17, 15) is 4.79 Å². The Hall–Kier alpha value is -3.74. The zero-order chi connectivity index (χ0) is 20.1. The van der Waals surface area contributed by atoms with E-state index >= 15 is 0 Å². The number of rotatable bonds is 7. The van der Waals surface area contributed by atoms with E-state index in [0.717, 1.165) is 16.7 Å². The van der Waals surface area contributed by atoms with Gasteiger partial charge in [0.25, 0.3) is 0 Å². The van der Waals surface area contributed by atoms with Gasteiger partial charge in [-0.3, -0.25) is 4.79 Å². The molecule has 2 aromatic carbocycles. The molecule has 0 spiro atoms. The lowest BCUT2D eigenvalue weighted by atomic mass is 10.1. The predicted molar refractivity (Wildman–Crippen MR) is 110 cm³/mol. The van der Waals surface area contributed by atoms with E-state index < -0.39 is 0 Å². The molecule has 0 saturated heterocycles. The van der Waals surface area contributed by atoms with Gasteiger partial charge in [-0.2, -0.15) is 4.52 Å². The van der Waals surface area contributed by atoms with Gasteiger partial charge in [-0.05, 0) is 24.1 Å². The molecule has 7 nitrogen and oxygen atoms in total. The van der Waals surface area contributed by atoms with Crippen LogP contribution in [0.4, 0.5) is 0 Å². The predicted octanol–water partition coefficient (Wildman–Crippen LogP) is 2.84. The lowest BCUT2D eigenvalue weighted by Crippen LogP contribution is -2.29. The van der Waals surface area contributed by atoms with Crippen LogP contribution in [0.2, 0.25) is 0 Å².